The first-order chi connectivity index (χ1) is 10.5. The maximum absolute atomic E-state index is 13.7. The van der Waals surface area contributed by atoms with Gasteiger partial charge in [-0.05, 0) is 31.0 Å². The number of carbonyl (C=O) groups excluding carboxylic acids is 2. The van der Waals surface area contributed by atoms with Gasteiger partial charge in [0.15, 0.2) is 0 Å². The zero-order valence-corrected chi connectivity index (χ0v) is 13.1. The fourth-order valence-electron chi connectivity index (χ4n) is 2.73. The number of likely N-dealkylation sites (tertiary alicyclic amines) is 1. The molecular formula is C16H17FN2O2S. The number of fused-ring (bicyclic) bond motifs is 1. The molecule has 1 aromatic heterocycles. The number of rotatable bonds is 2. The van der Waals surface area contributed by atoms with E-state index in [1.165, 1.54) is 17.4 Å². The Balaban J connectivity index is 1.67. The minimum absolute atomic E-state index is 0.0677. The van der Waals surface area contributed by atoms with Crippen LogP contribution in [0.3, 0.4) is 0 Å². The third-order valence-corrected chi connectivity index (χ3v) is 5.11. The molecule has 1 aliphatic heterocycles. The standard InChI is InChI=1S/C16H17FN2O2S/c1-10(20)19-7-5-11(6-8-19)18-16(21)15-9-12-13(17)3-2-4-14(12)22-15/h2-4,9,11H,5-8H2,1H3,(H,18,21). The first-order valence-corrected chi connectivity index (χ1v) is 8.10. The van der Waals surface area contributed by atoms with Gasteiger partial charge in [-0.2, -0.15) is 0 Å². The first kappa shape index (κ1) is 15.0. The average molecular weight is 320 g/mol. The molecule has 0 unspecified atom stereocenters. The van der Waals surface area contributed by atoms with Crippen molar-refractivity contribution in [3.8, 4) is 0 Å². The van der Waals surface area contributed by atoms with E-state index in [0.29, 0.717) is 23.4 Å². The minimum atomic E-state index is -0.303. The van der Waals surface area contributed by atoms with E-state index in [2.05, 4.69) is 5.32 Å². The number of halogens is 1. The molecule has 4 nitrogen and oxygen atoms in total. The summed E-state index contributed by atoms with van der Waals surface area (Å²) in [6, 6.07) is 6.53. The maximum Gasteiger partial charge on any atom is 0.261 e. The molecule has 1 N–H and O–H groups in total. The molecule has 22 heavy (non-hydrogen) atoms. The molecule has 0 atom stereocenters. The minimum Gasteiger partial charge on any atom is -0.348 e. The summed E-state index contributed by atoms with van der Waals surface area (Å²) in [5.74, 6) is -0.394. The van der Waals surface area contributed by atoms with Crippen LogP contribution in [0.2, 0.25) is 0 Å². The van der Waals surface area contributed by atoms with E-state index < -0.39 is 0 Å². The van der Waals surface area contributed by atoms with Crippen LogP contribution in [0.15, 0.2) is 24.3 Å². The van der Waals surface area contributed by atoms with Crippen molar-refractivity contribution in [2.24, 2.45) is 0 Å². The molecule has 1 aliphatic rings. The number of thiophene rings is 1. The van der Waals surface area contributed by atoms with E-state index in [9.17, 15) is 14.0 Å². The normalized spacial score (nSPS) is 16.0. The van der Waals surface area contributed by atoms with E-state index in [-0.39, 0.29) is 23.7 Å². The molecule has 2 amide bonds. The average Bonchev–Trinajstić information content (AvgIpc) is 2.93. The molecule has 1 saturated heterocycles. The van der Waals surface area contributed by atoms with Crippen molar-refractivity contribution in [1.82, 2.24) is 10.2 Å². The zero-order chi connectivity index (χ0) is 15.7. The van der Waals surface area contributed by atoms with Crippen molar-refractivity contribution in [1.29, 1.82) is 0 Å². The lowest BCUT2D eigenvalue weighted by Gasteiger charge is -2.31. The summed E-state index contributed by atoms with van der Waals surface area (Å²) in [6.07, 6.45) is 1.51. The van der Waals surface area contributed by atoms with Crippen LogP contribution in [-0.2, 0) is 4.79 Å². The molecule has 2 aromatic rings. The van der Waals surface area contributed by atoms with Gasteiger partial charge < -0.3 is 10.2 Å². The second-order valence-electron chi connectivity index (χ2n) is 5.52. The lowest BCUT2D eigenvalue weighted by molar-refractivity contribution is -0.129. The lowest BCUT2D eigenvalue weighted by atomic mass is 10.0. The molecule has 0 saturated carbocycles. The predicted octanol–water partition coefficient (Wildman–Crippen LogP) is 2.78. The van der Waals surface area contributed by atoms with Crippen LogP contribution in [-0.4, -0.2) is 35.8 Å². The molecule has 3 rings (SSSR count). The van der Waals surface area contributed by atoms with Crippen molar-refractivity contribution in [2.45, 2.75) is 25.8 Å². The highest BCUT2D eigenvalue weighted by Gasteiger charge is 2.23. The molecule has 0 radical (unpaired) electrons. The van der Waals surface area contributed by atoms with Crippen LogP contribution in [0.5, 0.6) is 0 Å². The Bertz CT molecular complexity index is 720. The van der Waals surface area contributed by atoms with Gasteiger partial charge in [0.25, 0.3) is 5.91 Å². The number of amides is 2. The summed E-state index contributed by atoms with van der Waals surface area (Å²) in [6.45, 7) is 2.90. The Kier molecular flexibility index (Phi) is 4.11. The first-order valence-electron chi connectivity index (χ1n) is 7.29. The van der Waals surface area contributed by atoms with Gasteiger partial charge in [0, 0.05) is 36.1 Å². The van der Waals surface area contributed by atoms with Gasteiger partial charge in [-0.3, -0.25) is 9.59 Å². The maximum atomic E-state index is 13.7. The third kappa shape index (κ3) is 2.97. The van der Waals surface area contributed by atoms with Gasteiger partial charge in [-0.15, -0.1) is 11.3 Å². The van der Waals surface area contributed by atoms with Crippen LogP contribution in [0.4, 0.5) is 4.39 Å². The highest BCUT2D eigenvalue weighted by atomic mass is 32.1. The number of nitrogens with one attached hydrogen (secondary N) is 1. The summed E-state index contributed by atoms with van der Waals surface area (Å²) in [5, 5.41) is 3.48. The Labute approximate surface area is 131 Å². The summed E-state index contributed by atoms with van der Waals surface area (Å²) >= 11 is 1.30. The fraction of sp³-hybridized carbons (Fsp3) is 0.375. The quantitative estimate of drug-likeness (QED) is 0.925. The molecule has 0 aliphatic carbocycles. The Morgan fingerprint density at radius 2 is 2.05 bits per heavy atom. The smallest absolute Gasteiger partial charge is 0.261 e. The summed E-state index contributed by atoms with van der Waals surface area (Å²) in [7, 11) is 0. The number of hydrogen-bond donors (Lipinski definition) is 1. The summed E-state index contributed by atoms with van der Waals surface area (Å²) < 4.78 is 14.5. The number of hydrogen-bond acceptors (Lipinski definition) is 3. The highest BCUT2D eigenvalue weighted by Crippen LogP contribution is 2.27. The molecule has 1 aromatic carbocycles. The van der Waals surface area contributed by atoms with Gasteiger partial charge >= 0.3 is 0 Å². The molecule has 0 bridgehead atoms. The van der Waals surface area contributed by atoms with Crippen molar-refractivity contribution in [3.05, 3.63) is 35.0 Å². The molecule has 1 fully saturated rings. The summed E-state index contributed by atoms with van der Waals surface area (Å²) in [5.41, 5.74) is 0. The van der Waals surface area contributed by atoms with Crippen LogP contribution < -0.4 is 5.32 Å². The third-order valence-electron chi connectivity index (χ3n) is 4.01. The van der Waals surface area contributed by atoms with Gasteiger partial charge in [-0.1, -0.05) is 6.07 Å². The van der Waals surface area contributed by atoms with Crippen LogP contribution in [0, 0.1) is 5.82 Å². The summed E-state index contributed by atoms with van der Waals surface area (Å²) in [4.78, 5) is 25.9. The Morgan fingerprint density at radius 3 is 2.68 bits per heavy atom. The molecule has 2 heterocycles. The Morgan fingerprint density at radius 1 is 1.32 bits per heavy atom. The second kappa shape index (κ2) is 6.04. The largest absolute Gasteiger partial charge is 0.348 e. The van der Waals surface area contributed by atoms with E-state index in [1.54, 1.807) is 24.0 Å². The number of carbonyl (C=O) groups is 2. The van der Waals surface area contributed by atoms with Crippen LogP contribution in [0.25, 0.3) is 10.1 Å². The van der Waals surface area contributed by atoms with Crippen molar-refractivity contribution < 1.29 is 14.0 Å². The van der Waals surface area contributed by atoms with Crippen LogP contribution >= 0.6 is 11.3 Å². The van der Waals surface area contributed by atoms with Crippen LogP contribution in [0.1, 0.15) is 29.4 Å². The van der Waals surface area contributed by atoms with E-state index >= 15 is 0 Å². The highest BCUT2D eigenvalue weighted by molar-refractivity contribution is 7.20. The van der Waals surface area contributed by atoms with Gasteiger partial charge in [0.05, 0.1) is 4.88 Å². The molecule has 116 valence electrons. The zero-order valence-electron chi connectivity index (χ0n) is 12.3. The number of nitrogens with zero attached hydrogens (tertiary/aromatic N) is 1. The van der Waals surface area contributed by atoms with E-state index in [1.807, 2.05) is 6.07 Å². The van der Waals surface area contributed by atoms with E-state index in [4.69, 9.17) is 0 Å². The fourth-order valence-corrected chi connectivity index (χ4v) is 3.71. The topological polar surface area (TPSA) is 49.4 Å². The number of benzene rings is 1. The van der Waals surface area contributed by atoms with Gasteiger partial charge in [-0.25, -0.2) is 4.39 Å². The molecule has 0 spiro atoms. The van der Waals surface area contributed by atoms with Crippen molar-refractivity contribution in [3.63, 3.8) is 0 Å². The van der Waals surface area contributed by atoms with Gasteiger partial charge in [0.1, 0.15) is 5.82 Å². The van der Waals surface area contributed by atoms with Crippen molar-refractivity contribution in [2.75, 3.05) is 13.1 Å². The predicted molar refractivity (Wildman–Crippen MR) is 84.5 cm³/mol. The second-order valence-corrected chi connectivity index (χ2v) is 6.60. The van der Waals surface area contributed by atoms with E-state index in [0.717, 1.165) is 17.5 Å². The SMILES string of the molecule is CC(=O)N1CCC(NC(=O)c2cc3c(F)cccc3s2)CC1. The monoisotopic (exact) mass is 320 g/mol. The lowest BCUT2D eigenvalue weighted by Crippen LogP contribution is -2.45. The molecule has 6 heteroatoms. The molecular weight excluding hydrogens is 303 g/mol. The Hall–Kier alpha value is -1.95. The number of piperidine rings is 1. The van der Waals surface area contributed by atoms with Gasteiger partial charge in [0.2, 0.25) is 5.91 Å². The van der Waals surface area contributed by atoms with Crippen molar-refractivity contribution >= 4 is 33.2 Å².